The molecule has 2 aliphatic heterocycles. The molecule has 3 aromatic heterocycles. The zero-order valence-corrected chi connectivity index (χ0v) is 17.6. The Kier molecular flexibility index (Phi) is 4.73. The number of hydrogen-bond donors (Lipinski definition) is 2. The van der Waals surface area contributed by atoms with E-state index >= 15 is 0 Å². The monoisotopic (exact) mass is 432 g/mol. The number of aromatic amines is 1. The number of ether oxygens (including phenoxy) is 1. The first-order chi connectivity index (χ1) is 15.8. The third-order valence-electron chi connectivity index (χ3n) is 6.27. The van der Waals surface area contributed by atoms with Gasteiger partial charge < -0.3 is 24.3 Å². The Morgan fingerprint density at radius 1 is 1.12 bits per heavy atom. The van der Waals surface area contributed by atoms with Crippen molar-refractivity contribution in [3.63, 3.8) is 0 Å². The van der Waals surface area contributed by atoms with Crippen LogP contribution in [0.4, 0.5) is 5.82 Å². The van der Waals surface area contributed by atoms with Crippen molar-refractivity contribution in [3.05, 3.63) is 42.5 Å². The summed E-state index contributed by atoms with van der Waals surface area (Å²) in [4.78, 5) is 25.7. The van der Waals surface area contributed by atoms with Gasteiger partial charge in [0.25, 0.3) is 0 Å². The van der Waals surface area contributed by atoms with E-state index in [0.717, 1.165) is 65.4 Å². The normalized spacial score (nSPS) is 19.7. The van der Waals surface area contributed by atoms with E-state index in [1.54, 1.807) is 0 Å². The van der Waals surface area contributed by atoms with Crippen molar-refractivity contribution in [2.75, 3.05) is 50.8 Å². The quantitative estimate of drug-likeness (QED) is 0.467. The van der Waals surface area contributed by atoms with E-state index in [4.69, 9.17) is 14.7 Å². The van der Waals surface area contributed by atoms with Crippen LogP contribution in [0.15, 0.2) is 36.8 Å². The predicted octanol–water partition coefficient (Wildman–Crippen LogP) is 1.21. The van der Waals surface area contributed by atoms with Crippen LogP contribution in [-0.4, -0.2) is 81.8 Å². The fourth-order valence-corrected chi connectivity index (χ4v) is 4.59. The maximum Gasteiger partial charge on any atom is 0.210 e. The highest BCUT2D eigenvalue weighted by atomic mass is 16.5. The van der Waals surface area contributed by atoms with E-state index < -0.39 is 0 Å². The Hall–Kier alpha value is -3.50. The SMILES string of the molecule is O=CN1CCNCC1c1cn2cc(-c3cccc4[nH]ncc34)nc(N3CCOCC3)c2n1. The molecular formula is C22H24N8O2. The first kappa shape index (κ1) is 19.2. The summed E-state index contributed by atoms with van der Waals surface area (Å²) < 4.78 is 7.60. The lowest BCUT2D eigenvalue weighted by Gasteiger charge is -2.32. The molecule has 164 valence electrons. The van der Waals surface area contributed by atoms with E-state index in [1.807, 2.05) is 40.0 Å². The number of H-pyrrole nitrogens is 1. The Bertz CT molecular complexity index is 1280. The van der Waals surface area contributed by atoms with E-state index in [-0.39, 0.29) is 6.04 Å². The van der Waals surface area contributed by atoms with Gasteiger partial charge in [0.2, 0.25) is 6.41 Å². The van der Waals surface area contributed by atoms with Crippen LogP contribution in [0.2, 0.25) is 0 Å². The molecule has 0 spiro atoms. The van der Waals surface area contributed by atoms with Crippen LogP contribution < -0.4 is 10.2 Å². The molecule has 1 atom stereocenters. The van der Waals surface area contributed by atoms with Gasteiger partial charge in [0.05, 0.1) is 42.4 Å². The number of benzene rings is 1. The van der Waals surface area contributed by atoms with Crippen LogP contribution in [-0.2, 0) is 9.53 Å². The van der Waals surface area contributed by atoms with E-state index in [9.17, 15) is 4.79 Å². The second-order valence-electron chi connectivity index (χ2n) is 8.15. The van der Waals surface area contributed by atoms with Crippen molar-refractivity contribution in [1.29, 1.82) is 0 Å². The van der Waals surface area contributed by atoms with Crippen molar-refractivity contribution >= 4 is 28.8 Å². The van der Waals surface area contributed by atoms with E-state index in [2.05, 4.69) is 26.5 Å². The molecule has 5 heterocycles. The number of piperazine rings is 1. The summed E-state index contributed by atoms with van der Waals surface area (Å²) in [7, 11) is 0. The van der Waals surface area contributed by atoms with Crippen LogP contribution in [0, 0.1) is 0 Å². The fraction of sp³-hybridized carbons (Fsp3) is 0.364. The first-order valence-electron chi connectivity index (χ1n) is 10.9. The summed E-state index contributed by atoms with van der Waals surface area (Å²) in [5, 5.41) is 11.6. The van der Waals surface area contributed by atoms with Crippen LogP contribution in [0.25, 0.3) is 27.8 Å². The molecule has 0 radical (unpaired) electrons. The predicted molar refractivity (Wildman–Crippen MR) is 119 cm³/mol. The van der Waals surface area contributed by atoms with Gasteiger partial charge in [0.1, 0.15) is 0 Å². The molecule has 2 N–H and O–H groups in total. The number of morpholine rings is 1. The minimum Gasteiger partial charge on any atom is -0.378 e. The van der Waals surface area contributed by atoms with E-state index in [1.165, 1.54) is 0 Å². The molecule has 1 aromatic carbocycles. The van der Waals surface area contributed by atoms with Gasteiger partial charge in [-0.3, -0.25) is 9.89 Å². The number of amides is 1. The molecular weight excluding hydrogens is 408 g/mol. The van der Waals surface area contributed by atoms with Crippen LogP contribution in [0.3, 0.4) is 0 Å². The number of hydrogen-bond acceptors (Lipinski definition) is 7. The smallest absolute Gasteiger partial charge is 0.210 e. The number of carbonyl (C=O) groups is 1. The molecule has 6 rings (SSSR count). The molecule has 0 aliphatic carbocycles. The molecule has 2 fully saturated rings. The van der Waals surface area contributed by atoms with Gasteiger partial charge in [-0.15, -0.1) is 0 Å². The minimum absolute atomic E-state index is 0.0977. The molecule has 2 saturated heterocycles. The average molecular weight is 432 g/mol. The van der Waals surface area contributed by atoms with E-state index in [0.29, 0.717) is 26.3 Å². The van der Waals surface area contributed by atoms with Crippen LogP contribution in [0.5, 0.6) is 0 Å². The number of aromatic nitrogens is 5. The summed E-state index contributed by atoms with van der Waals surface area (Å²) >= 11 is 0. The second kappa shape index (κ2) is 7.88. The van der Waals surface area contributed by atoms with Gasteiger partial charge in [-0.25, -0.2) is 9.97 Å². The molecule has 4 aromatic rings. The van der Waals surface area contributed by atoms with Gasteiger partial charge in [-0.05, 0) is 6.07 Å². The highest BCUT2D eigenvalue weighted by Gasteiger charge is 2.27. The topological polar surface area (TPSA) is 104 Å². The number of nitrogens with one attached hydrogen (secondary N) is 2. The van der Waals surface area contributed by atoms with Gasteiger partial charge >= 0.3 is 0 Å². The summed E-state index contributed by atoms with van der Waals surface area (Å²) in [5.41, 5.74) is 4.49. The largest absolute Gasteiger partial charge is 0.378 e. The lowest BCUT2D eigenvalue weighted by atomic mass is 10.1. The summed E-state index contributed by atoms with van der Waals surface area (Å²) in [6, 6.07) is 5.98. The maximum absolute atomic E-state index is 11.6. The van der Waals surface area contributed by atoms with Gasteiger partial charge in [-0.2, -0.15) is 5.10 Å². The van der Waals surface area contributed by atoms with Crippen molar-refractivity contribution in [2.24, 2.45) is 0 Å². The first-order valence-corrected chi connectivity index (χ1v) is 10.9. The molecule has 1 unspecified atom stereocenters. The average Bonchev–Trinajstić information content (AvgIpc) is 3.51. The fourth-order valence-electron chi connectivity index (χ4n) is 4.59. The van der Waals surface area contributed by atoms with Crippen molar-refractivity contribution < 1.29 is 9.53 Å². The summed E-state index contributed by atoms with van der Waals surface area (Å²) in [6.07, 6.45) is 6.79. The number of anilines is 1. The molecule has 32 heavy (non-hydrogen) atoms. The second-order valence-corrected chi connectivity index (χ2v) is 8.15. The molecule has 2 aliphatic rings. The van der Waals surface area contributed by atoms with Crippen molar-refractivity contribution in [2.45, 2.75) is 6.04 Å². The highest BCUT2D eigenvalue weighted by Crippen LogP contribution is 2.31. The third-order valence-corrected chi connectivity index (χ3v) is 6.27. The standard InChI is InChI=1S/C22H24N8O2/c31-14-29-5-4-23-11-20(29)19-13-30-12-18(15-2-1-3-17-16(15)10-24-27-17)25-21(22(30)26-19)28-6-8-32-9-7-28/h1-3,10,12-14,20,23H,4-9,11H2,(H,24,27). The van der Waals surface area contributed by atoms with Gasteiger partial charge in [0.15, 0.2) is 11.5 Å². The summed E-state index contributed by atoms with van der Waals surface area (Å²) in [6.45, 7) is 4.99. The Morgan fingerprint density at radius 2 is 2.03 bits per heavy atom. The number of fused-ring (bicyclic) bond motifs is 2. The number of imidazole rings is 1. The zero-order valence-electron chi connectivity index (χ0n) is 17.6. The van der Waals surface area contributed by atoms with Gasteiger partial charge in [-0.1, -0.05) is 12.1 Å². The van der Waals surface area contributed by atoms with Crippen molar-refractivity contribution in [3.8, 4) is 11.3 Å². The zero-order chi connectivity index (χ0) is 21.5. The van der Waals surface area contributed by atoms with Crippen LogP contribution in [0.1, 0.15) is 11.7 Å². The number of nitrogens with zero attached hydrogens (tertiary/aromatic N) is 6. The Morgan fingerprint density at radius 3 is 2.91 bits per heavy atom. The molecule has 0 saturated carbocycles. The number of carbonyl (C=O) groups excluding carboxylic acids is 1. The van der Waals surface area contributed by atoms with Crippen molar-refractivity contribution in [1.82, 2.24) is 34.8 Å². The lowest BCUT2D eigenvalue weighted by molar-refractivity contribution is -0.121. The molecule has 0 bridgehead atoms. The Balaban J connectivity index is 1.52. The maximum atomic E-state index is 11.6. The molecule has 1 amide bonds. The highest BCUT2D eigenvalue weighted by molar-refractivity contribution is 5.93. The third kappa shape index (κ3) is 3.19. The van der Waals surface area contributed by atoms with Crippen LogP contribution >= 0.6 is 0 Å². The molecule has 10 heteroatoms. The van der Waals surface area contributed by atoms with Gasteiger partial charge in [0, 0.05) is 56.1 Å². The lowest BCUT2D eigenvalue weighted by Crippen LogP contribution is -2.45. The minimum atomic E-state index is -0.0977. The molecule has 10 nitrogen and oxygen atoms in total. The summed E-state index contributed by atoms with van der Waals surface area (Å²) in [5.74, 6) is 0.832. The Labute approximate surface area is 184 Å². The number of rotatable bonds is 4.